The monoisotopic (exact) mass is 500 g/mol. The lowest BCUT2D eigenvalue weighted by Gasteiger charge is -2.15. The Hall–Kier alpha value is -3.84. The highest BCUT2D eigenvalue weighted by atomic mass is 19.2. The molecule has 34 heavy (non-hydrogen) atoms. The quantitative estimate of drug-likeness (QED) is 0.190. The molecule has 3 rings (SSSR count). The summed E-state index contributed by atoms with van der Waals surface area (Å²) in [5.41, 5.74) is -0.867. The highest BCUT2D eigenvalue weighted by Crippen LogP contribution is 2.32. The van der Waals surface area contributed by atoms with Crippen molar-refractivity contribution in [3.05, 3.63) is 81.5 Å². The van der Waals surface area contributed by atoms with Crippen molar-refractivity contribution >= 4 is 11.9 Å². The Bertz CT molecular complexity index is 1140. The first kappa shape index (κ1) is 24.8. The molecule has 0 amide bonds. The van der Waals surface area contributed by atoms with E-state index in [1.165, 1.54) is 0 Å². The third-order valence-electron chi connectivity index (χ3n) is 4.40. The van der Waals surface area contributed by atoms with E-state index in [-0.39, 0.29) is 0 Å². The minimum atomic E-state index is -2.48. The molecule has 0 fully saturated rings. The number of halogens is 10. The minimum Gasteiger partial charge on any atom is -0.417 e. The highest BCUT2D eigenvalue weighted by molar-refractivity contribution is 5.95. The Morgan fingerprint density at radius 2 is 0.706 bits per heavy atom. The van der Waals surface area contributed by atoms with Crippen molar-refractivity contribution in [1.82, 2.24) is 0 Å². The molecule has 180 valence electrons. The van der Waals surface area contributed by atoms with E-state index in [2.05, 4.69) is 9.47 Å². The van der Waals surface area contributed by atoms with Crippen LogP contribution in [0.25, 0.3) is 0 Å². The fraction of sp³-hybridized carbons (Fsp3) is 0.100. The number of carbonyl (C=O) groups is 2. The van der Waals surface area contributed by atoms with E-state index in [1.807, 2.05) is 0 Å². The van der Waals surface area contributed by atoms with Crippen LogP contribution in [0, 0.1) is 58.2 Å². The number of esters is 2. The number of rotatable bonds is 4. The van der Waals surface area contributed by atoms with Gasteiger partial charge in [0.25, 0.3) is 0 Å². The lowest BCUT2D eigenvalue weighted by Crippen LogP contribution is -2.19. The third-order valence-corrected chi connectivity index (χ3v) is 4.40. The summed E-state index contributed by atoms with van der Waals surface area (Å²) >= 11 is 0. The van der Waals surface area contributed by atoms with Gasteiger partial charge in [0.15, 0.2) is 0 Å². The Kier molecular flexibility index (Phi) is 6.70. The van der Waals surface area contributed by atoms with Crippen molar-refractivity contribution in [2.45, 2.75) is 12.8 Å². The molecule has 0 radical (unpaired) electrons. The summed E-state index contributed by atoms with van der Waals surface area (Å²) in [5, 5.41) is 0. The summed E-state index contributed by atoms with van der Waals surface area (Å²) in [7, 11) is 0. The Labute approximate surface area is 181 Å². The van der Waals surface area contributed by atoms with E-state index in [0.29, 0.717) is 0 Å². The maximum Gasteiger partial charge on any atom is 0.339 e. The summed E-state index contributed by atoms with van der Waals surface area (Å²) in [6, 6.07) is 0. The maximum atomic E-state index is 13.6. The summed E-state index contributed by atoms with van der Waals surface area (Å²) < 4.78 is 142. The number of hydrogen-bond donors (Lipinski definition) is 0. The van der Waals surface area contributed by atoms with Gasteiger partial charge in [0.2, 0.25) is 69.7 Å². The van der Waals surface area contributed by atoms with Gasteiger partial charge in [-0.05, 0) is 12.8 Å². The van der Waals surface area contributed by atoms with Gasteiger partial charge in [0.05, 0.1) is 0 Å². The summed E-state index contributed by atoms with van der Waals surface area (Å²) in [4.78, 5) is 24.0. The Morgan fingerprint density at radius 1 is 0.471 bits per heavy atom. The van der Waals surface area contributed by atoms with Crippen LogP contribution in [0.2, 0.25) is 0 Å². The summed E-state index contributed by atoms with van der Waals surface area (Å²) in [6.07, 6.45) is 0.637. The summed E-state index contributed by atoms with van der Waals surface area (Å²) in [5.74, 6) is -30.9. The fourth-order valence-electron chi connectivity index (χ4n) is 2.64. The molecule has 1 aliphatic carbocycles. The predicted molar refractivity (Wildman–Crippen MR) is 89.1 cm³/mol. The van der Waals surface area contributed by atoms with Gasteiger partial charge in [-0.1, -0.05) is 12.2 Å². The molecule has 2 aromatic carbocycles. The van der Waals surface area contributed by atoms with E-state index in [0.717, 1.165) is 12.2 Å². The number of allylic oxidation sites excluding steroid dienone is 2. The van der Waals surface area contributed by atoms with Crippen LogP contribution in [0.1, 0.15) is 12.8 Å². The molecule has 0 aromatic heterocycles. The van der Waals surface area contributed by atoms with Gasteiger partial charge in [-0.25, -0.2) is 35.9 Å². The molecular weight excluding hydrogens is 494 g/mol. The van der Waals surface area contributed by atoms with Crippen LogP contribution in [0.5, 0.6) is 11.5 Å². The zero-order valence-electron chi connectivity index (χ0n) is 16.0. The van der Waals surface area contributed by atoms with Gasteiger partial charge in [0, 0.05) is 11.1 Å². The first-order chi connectivity index (χ1) is 15.9. The first-order valence-corrected chi connectivity index (χ1v) is 8.73. The molecule has 0 aliphatic heterocycles. The van der Waals surface area contributed by atoms with Crippen LogP contribution in [0.3, 0.4) is 0 Å². The topological polar surface area (TPSA) is 52.6 Å². The maximum absolute atomic E-state index is 13.6. The standard InChI is InChI=1S/C20H6F10O4/c21-7-9(23)13(27)17(14(28)10(7)24)33-19(31)5-1-2-6(4-3-5)20(32)34-18-15(29)11(25)8(22)12(26)16(18)30/h1-2H,3-4H2. The molecule has 0 unspecified atom stereocenters. The minimum absolute atomic E-state index is 0.434. The molecule has 0 heterocycles. The molecule has 0 atom stereocenters. The van der Waals surface area contributed by atoms with E-state index in [9.17, 15) is 53.5 Å². The number of benzene rings is 2. The fourth-order valence-corrected chi connectivity index (χ4v) is 2.64. The van der Waals surface area contributed by atoms with Crippen LogP contribution in [-0.2, 0) is 9.59 Å². The third kappa shape index (κ3) is 4.22. The van der Waals surface area contributed by atoms with Crippen molar-refractivity contribution < 1.29 is 63.0 Å². The second-order valence-electron chi connectivity index (χ2n) is 6.46. The van der Waals surface area contributed by atoms with E-state index in [4.69, 9.17) is 0 Å². The zero-order valence-corrected chi connectivity index (χ0v) is 16.0. The number of carbonyl (C=O) groups excluding carboxylic acids is 2. The van der Waals surface area contributed by atoms with Crippen LogP contribution >= 0.6 is 0 Å². The van der Waals surface area contributed by atoms with Gasteiger partial charge in [-0.3, -0.25) is 0 Å². The van der Waals surface area contributed by atoms with Gasteiger partial charge >= 0.3 is 11.9 Å². The van der Waals surface area contributed by atoms with Crippen molar-refractivity contribution in [3.8, 4) is 11.5 Å². The molecule has 1 aliphatic rings. The SMILES string of the molecule is O=C(Oc1c(F)c(F)c(F)c(F)c1F)C1=CC=C(C(=O)Oc2c(F)c(F)c(F)c(F)c2F)CC1. The molecule has 0 saturated carbocycles. The molecule has 0 bridgehead atoms. The molecular formula is C20H6F10O4. The summed E-state index contributed by atoms with van der Waals surface area (Å²) in [6.45, 7) is 0. The van der Waals surface area contributed by atoms with Crippen molar-refractivity contribution in [2.24, 2.45) is 0 Å². The number of ether oxygens (including phenoxy) is 2. The second kappa shape index (κ2) is 9.19. The Balaban J connectivity index is 1.81. The first-order valence-electron chi connectivity index (χ1n) is 8.73. The molecule has 14 heteroatoms. The average Bonchev–Trinajstić information content (AvgIpc) is 2.84. The van der Waals surface area contributed by atoms with Gasteiger partial charge < -0.3 is 9.47 Å². The van der Waals surface area contributed by atoms with Crippen molar-refractivity contribution in [2.75, 3.05) is 0 Å². The largest absolute Gasteiger partial charge is 0.417 e. The second-order valence-corrected chi connectivity index (χ2v) is 6.46. The number of hydrogen-bond acceptors (Lipinski definition) is 4. The van der Waals surface area contributed by atoms with E-state index in [1.54, 1.807) is 0 Å². The van der Waals surface area contributed by atoms with Crippen LogP contribution in [0.4, 0.5) is 43.9 Å². The zero-order chi connectivity index (χ0) is 25.5. The predicted octanol–water partition coefficient (Wildman–Crippen LogP) is 5.24. The average molecular weight is 500 g/mol. The lowest BCUT2D eigenvalue weighted by atomic mass is 9.98. The molecule has 0 N–H and O–H groups in total. The van der Waals surface area contributed by atoms with Crippen molar-refractivity contribution in [3.63, 3.8) is 0 Å². The highest BCUT2D eigenvalue weighted by Gasteiger charge is 2.31. The van der Waals surface area contributed by atoms with Gasteiger partial charge in [0.1, 0.15) is 0 Å². The lowest BCUT2D eigenvalue weighted by molar-refractivity contribution is -0.132. The smallest absolute Gasteiger partial charge is 0.339 e. The normalized spacial score (nSPS) is 13.4. The molecule has 4 nitrogen and oxygen atoms in total. The van der Waals surface area contributed by atoms with Gasteiger partial charge in [-0.15, -0.1) is 0 Å². The molecule has 2 aromatic rings. The molecule has 0 saturated heterocycles. The van der Waals surface area contributed by atoms with Crippen molar-refractivity contribution in [1.29, 1.82) is 0 Å². The van der Waals surface area contributed by atoms with Crippen LogP contribution in [0.15, 0.2) is 23.3 Å². The van der Waals surface area contributed by atoms with Crippen LogP contribution in [-0.4, -0.2) is 11.9 Å². The van der Waals surface area contributed by atoms with E-state index < -0.39 is 106 Å². The van der Waals surface area contributed by atoms with E-state index >= 15 is 0 Å². The van der Waals surface area contributed by atoms with Gasteiger partial charge in [-0.2, -0.15) is 17.6 Å². The van der Waals surface area contributed by atoms with Crippen LogP contribution < -0.4 is 9.47 Å². The molecule has 0 spiro atoms. The Morgan fingerprint density at radius 3 is 0.941 bits per heavy atom.